The number of rotatable bonds is 0. The predicted octanol–water partition coefficient (Wildman–Crippen LogP) is 2.28. The van der Waals surface area contributed by atoms with Gasteiger partial charge in [-0.2, -0.15) is 6.92 Å². The van der Waals surface area contributed by atoms with Crippen molar-refractivity contribution in [1.29, 1.82) is 0 Å². The molecule has 0 unspecified atom stereocenters. The molecule has 0 saturated heterocycles. The SMILES string of the molecule is Br.[CH2-]C#C[Si](C)(C)C.[Zn]. The van der Waals surface area contributed by atoms with Gasteiger partial charge in [0.25, 0.3) is 0 Å². The van der Waals surface area contributed by atoms with Gasteiger partial charge < -0.3 is 5.54 Å². The molecular formula is C6H12BrSiZn-. The average molecular weight is 258 g/mol. The molecule has 0 fully saturated rings. The zero-order valence-electron chi connectivity index (χ0n) is 6.32. The maximum Gasteiger partial charge on any atom is 0.0120 e. The maximum absolute atomic E-state index is 3.44. The summed E-state index contributed by atoms with van der Waals surface area (Å²) in [4.78, 5) is 0. The molecular weight excluding hydrogens is 245 g/mol. The molecule has 0 rings (SSSR count). The smallest absolute Gasteiger partial charge is 0.0120 e. The van der Waals surface area contributed by atoms with Crippen LogP contribution in [0.2, 0.25) is 19.6 Å². The first-order valence-electron chi connectivity index (χ1n) is 2.35. The molecule has 0 N–H and O–H groups in total. The van der Waals surface area contributed by atoms with Crippen molar-refractivity contribution >= 4 is 25.1 Å². The van der Waals surface area contributed by atoms with Gasteiger partial charge in [-0.15, -0.1) is 17.0 Å². The van der Waals surface area contributed by atoms with Crippen molar-refractivity contribution in [2.75, 3.05) is 0 Å². The Morgan fingerprint density at radius 2 is 1.56 bits per heavy atom. The molecule has 0 radical (unpaired) electrons. The Bertz CT molecular complexity index is 106. The molecule has 9 heavy (non-hydrogen) atoms. The van der Waals surface area contributed by atoms with Gasteiger partial charge in [0.1, 0.15) is 0 Å². The summed E-state index contributed by atoms with van der Waals surface area (Å²) in [5.74, 6) is 2.67. The van der Waals surface area contributed by atoms with Crippen LogP contribution in [-0.2, 0) is 19.5 Å². The summed E-state index contributed by atoms with van der Waals surface area (Å²) >= 11 is 0. The monoisotopic (exact) mass is 255 g/mol. The molecule has 0 saturated carbocycles. The van der Waals surface area contributed by atoms with Crippen LogP contribution >= 0.6 is 17.0 Å². The molecule has 0 aromatic heterocycles. The third-order valence-electron chi connectivity index (χ3n) is 0.463. The molecule has 0 amide bonds. The van der Waals surface area contributed by atoms with E-state index in [0.717, 1.165) is 0 Å². The van der Waals surface area contributed by atoms with E-state index in [4.69, 9.17) is 0 Å². The molecule has 0 aliphatic carbocycles. The minimum atomic E-state index is -1.08. The van der Waals surface area contributed by atoms with Crippen LogP contribution in [0.3, 0.4) is 0 Å². The van der Waals surface area contributed by atoms with Gasteiger partial charge in [-0.3, -0.25) is 5.92 Å². The largest absolute Gasteiger partial charge is 0.333 e. The van der Waals surface area contributed by atoms with Gasteiger partial charge in [-0.05, 0) is 0 Å². The van der Waals surface area contributed by atoms with E-state index in [9.17, 15) is 0 Å². The molecule has 0 aliphatic rings. The number of halogens is 1. The fraction of sp³-hybridized carbons (Fsp3) is 0.500. The average Bonchev–Trinajstić information content (AvgIpc) is 1.30. The minimum Gasteiger partial charge on any atom is -0.333 e. The van der Waals surface area contributed by atoms with Crippen LogP contribution in [0, 0.1) is 18.4 Å². The van der Waals surface area contributed by atoms with Crippen molar-refractivity contribution in [1.82, 2.24) is 0 Å². The van der Waals surface area contributed by atoms with E-state index in [1.165, 1.54) is 0 Å². The second-order valence-corrected chi connectivity index (χ2v) is 7.30. The summed E-state index contributed by atoms with van der Waals surface area (Å²) < 4.78 is 0. The van der Waals surface area contributed by atoms with Gasteiger partial charge >= 0.3 is 0 Å². The normalized spacial score (nSPS) is 7.44. The Kier molecular flexibility index (Phi) is 12.5. The van der Waals surface area contributed by atoms with Crippen molar-refractivity contribution in [2.45, 2.75) is 19.6 Å². The summed E-state index contributed by atoms with van der Waals surface area (Å²) in [6, 6.07) is 0. The van der Waals surface area contributed by atoms with E-state index in [-0.39, 0.29) is 36.5 Å². The minimum absolute atomic E-state index is 0. The van der Waals surface area contributed by atoms with E-state index in [0.29, 0.717) is 0 Å². The second kappa shape index (κ2) is 6.86. The third kappa shape index (κ3) is 17.7. The molecule has 3 heteroatoms. The standard InChI is InChI=1S/C6H11Si.BrH.Zn/c1-5-6-7(2,3)4;;/h1H2,2-4H3;1H;/q-1;;. The third-order valence-corrected chi connectivity index (χ3v) is 1.39. The van der Waals surface area contributed by atoms with Crippen LogP contribution in [0.25, 0.3) is 0 Å². The van der Waals surface area contributed by atoms with Crippen LogP contribution < -0.4 is 0 Å². The van der Waals surface area contributed by atoms with Gasteiger partial charge in [-0.1, -0.05) is 19.6 Å². The quantitative estimate of drug-likeness (QED) is 0.355. The summed E-state index contributed by atoms with van der Waals surface area (Å²) in [5.41, 5.74) is 3.06. The van der Waals surface area contributed by atoms with Crippen molar-refractivity contribution in [3.63, 3.8) is 0 Å². The van der Waals surface area contributed by atoms with Crippen molar-refractivity contribution in [3.05, 3.63) is 6.92 Å². The predicted molar refractivity (Wildman–Crippen MR) is 46.8 cm³/mol. The van der Waals surface area contributed by atoms with Crippen LogP contribution in [-0.4, -0.2) is 8.07 Å². The zero-order valence-corrected chi connectivity index (χ0v) is 12.0. The Morgan fingerprint density at radius 3 is 1.56 bits per heavy atom. The van der Waals surface area contributed by atoms with Crippen LogP contribution in [0.5, 0.6) is 0 Å². The first kappa shape index (κ1) is 16.4. The molecule has 0 aromatic carbocycles. The summed E-state index contributed by atoms with van der Waals surface area (Å²) in [7, 11) is -1.08. The number of hydrogen-bond donors (Lipinski definition) is 0. The van der Waals surface area contributed by atoms with E-state index >= 15 is 0 Å². The molecule has 0 heterocycles. The summed E-state index contributed by atoms with van der Waals surface area (Å²) in [6.45, 7) is 10.0. The van der Waals surface area contributed by atoms with E-state index < -0.39 is 8.07 Å². The van der Waals surface area contributed by atoms with Gasteiger partial charge in [0, 0.05) is 27.6 Å². The summed E-state index contributed by atoms with van der Waals surface area (Å²) in [5, 5.41) is 0. The fourth-order valence-corrected chi connectivity index (χ4v) is 0.795. The van der Waals surface area contributed by atoms with E-state index in [2.05, 4.69) is 38.0 Å². The number of hydrogen-bond acceptors (Lipinski definition) is 0. The van der Waals surface area contributed by atoms with Crippen LogP contribution in [0.15, 0.2) is 0 Å². The Morgan fingerprint density at radius 1 is 1.22 bits per heavy atom. The molecule has 0 aliphatic heterocycles. The van der Waals surface area contributed by atoms with Crippen molar-refractivity contribution < 1.29 is 19.5 Å². The van der Waals surface area contributed by atoms with Gasteiger partial charge in [0.2, 0.25) is 0 Å². The molecule has 0 bridgehead atoms. The second-order valence-electron chi connectivity index (χ2n) is 2.55. The van der Waals surface area contributed by atoms with Gasteiger partial charge in [-0.25, -0.2) is 0 Å². The maximum atomic E-state index is 3.44. The van der Waals surface area contributed by atoms with E-state index in [1.807, 2.05) is 0 Å². The van der Waals surface area contributed by atoms with Gasteiger partial charge in [0.15, 0.2) is 0 Å². The molecule has 0 spiro atoms. The summed E-state index contributed by atoms with van der Waals surface area (Å²) in [6.07, 6.45) is 0. The van der Waals surface area contributed by atoms with Crippen LogP contribution in [0.1, 0.15) is 0 Å². The fourth-order valence-electron chi connectivity index (χ4n) is 0.265. The van der Waals surface area contributed by atoms with Gasteiger partial charge in [0.05, 0.1) is 0 Å². The Labute approximate surface area is 82.3 Å². The Hall–Kier alpha value is 0.750. The molecule has 0 aromatic rings. The Balaban J connectivity index is -0.000000180. The topological polar surface area (TPSA) is 0 Å². The first-order valence-corrected chi connectivity index (χ1v) is 5.85. The molecule has 50 valence electrons. The molecule has 0 atom stereocenters. The first-order chi connectivity index (χ1) is 3.06. The zero-order chi connectivity index (χ0) is 5.91. The van der Waals surface area contributed by atoms with E-state index in [1.54, 1.807) is 0 Å². The van der Waals surface area contributed by atoms with Crippen molar-refractivity contribution in [2.24, 2.45) is 0 Å². The van der Waals surface area contributed by atoms with Crippen molar-refractivity contribution in [3.8, 4) is 11.5 Å². The molecule has 0 nitrogen and oxygen atoms in total. The van der Waals surface area contributed by atoms with Crippen LogP contribution in [0.4, 0.5) is 0 Å².